The van der Waals surface area contributed by atoms with Crippen LogP contribution in [-0.2, 0) is 23.1 Å². The molecule has 2 aromatic rings. The molecule has 2 aliphatic rings. The fourth-order valence-corrected chi connectivity index (χ4v) is 4.54. The molecule has 2 aromatic heterocycles. The number of hydrogen-bond donors (Lipinski definition) is 0. The highest BCUT2D eigenvalue weighted by Gasteiger charge is 2.28. The Morgan fingerprint density at radius 3 is 2.58 bits per heavy atom. The average Bonchev–Trinajstić information content (AvgIpc) is 3.52. The van der Waals surface area contributed by atoms with Gasteiger partial charge in [-0.05, 0) is 32.4 Å². The molecule has 0 saturated carbocycles. The van der Waals surface area contributed by atoms with Crippen molar-refractivity contribution in [3.8, 4) is 11.5 Å². The second-order valence-corrected chi connectivity index (χ2v) is 8.50. The molecule has 170 valence electrons. The number of ether oxygens (including phenoxy) is 1. The van der Waals surface area contributed by atoms with Crippen molar-refractivity contribution in [2.75, 3.05) is 63.9 Å². The van der Waals surface area contributed by atoms with Gasteiger partial charge < -0.3 is 19.1 Å². The summed E-state index contributed by atoms with van der Waals surface area (Å²) >= 11 is 0. The molecule has 0 aliphatic carbocycles. The number of aryl methyl sites for hydroxylation is 1. The van der Waals surface area contributed by atoms with E-state index in [1.54, 1.807) is 0 Å². The predicted molar refractivity (Wildman–Crippen MR) is 120 cm³/mol. The van der Waals surface area contributed by atoms with Gasteiger partial charge in [-0.25, -0.2) is 0 Å². The third-order valence-corrected chi connectivity index (χ3v) is 6.50. The van der Waals surface area contributed by atoms with Crippen molar-refractivity contribution in [1.29, 1.82) is 0 Å². The number of likely N-dealkylation sites (N-methyl/N-ethyl adjacent to an activating group) is 1. The number of nitrogens with zero attached hydrogens (tertiary/aromatic N) is 7. The van der Waals surface area contributed by atoms with Gasteiger partial charge in [-0.2, -0.15) is 0 Å². The summed E-state index contributed by atoms with van der Waals surface area (Å²) in [6.07, 6.45) is 3.11. The normalized spacial score (nSPS) is 19.8. The minimum atomic E-state index is 0.217. The fraction of sp³-hybridized carbons (Fsp3) is 0.682. The lowest BCUT2D eigenvalue weighted by molar-refractivity contribution is -0.132. The van der Waals surface area contributed by atoms with Crippen LogP contribution >= 0.6 is 0 Å². The number of piperazine rings is 1. The molecule has 0 N–H and O–H groups in total. The fourth-order valence-electron chi connectivity index (χ4n) is 4.54. The number of carbonyl (C=O) groups excluding carboxylic acids is 1. The van der Waals surface area contributed by atoms with E-state index in [9.17, 15) is 4.79 Å². The number of rotatable bonds is 8. The molecule has 0 spiro atoms. The Morgan fingerprint density at radius 2 is 1.97 bits per heavy atom. The van der Waals surface area contributed by atoms with Crippen molar-refractivity contribution in [2.45, 2.75) is 26.8 Å². The topological polar surface area (TPSA) is 71.7 Å². The van der Waals surface area contributed by atoms with Crippen molar-refractivity contribution in [1.82, 2.24) is 29.1 Å². The SMILES string of the molecule is CCN(CC)C(=O)CN1CCN(c2nnc(-c3cccn3C)n2C[C@H]2CCOC2)CC1. The second kappa shape index (κ2) is 9.82. The van der Waals surface area contributed by atoms with Crippen molar-refractivity contribution in [3.63, 3.8) is 0 Å². The molecule has 31 heavy (non-hydrogen) atoms. The first-order chi connectivity index (χ1) is 15.1. The van der Waals surface area contributed by atoms with E-state index < -0.39 is 0 Å². The Balaban J connectivity index is 1.47. The lowest BCUT2D eigenvalue weighted by Gasteiger charge is -2.35. The minimum Gasteiger partial charge on any atom is -0.381 e. The highest BCUT2D eigenvalue weighted by molar-refractivity contribution is 5.78. The highest BCUT2D eigenvalue weighted by Crippen LogP contribution is 2.27. The van der Waals surface area contributed by atoms with Gasteiger partial charge in [-0.15, -0.1) is 10.2 Å². The van der Waals surface area contributed by atoms with Crippen LogP contribution in [-0.4, -0.2) is 94.1 Å². The molecule has 9 heteroatoms. The first kappa shape index (κ1) is 21.8. The summed E-state index contributed by atoms with van der Waals surface area (Å²) in [6.45, 7) is 12.0. The minimum absolute atomic E-state index is 0.217. The van der Waals surface area contributed by atoms with E-state index in [1.165, 1.54) is 0 Å². The maximum absolute atomic E-state index is 12.5. The molecule has 1 amide bonds. The molecule has 1 atom stereocenters. The molecule has 9 nitrogen and oxygen atoms in total. The van der Waals surface area contributed by atoms with E-state index in [0.29, 0.717) is 12.5 Å². The van der Waals surface area contributed by atoms with E-state index in [0.717, 1.165) is 82.9 Å². The molecule has 0 radical (unpaired) electrons. The van der Waals surface area contributed by atoms with Gasteiger partial charge >= 0.3 is 0 Å². The summed E-state index contributed by atoms with van der Waals surface area (Å²) in [5.41, 5.74) is 1.07. The Bertz CT molecular complexity index is 859. The zero-order valence-electron chi connectivity index (χ0n) is 19.0. The summed E-state index contributed by atoms with van der Waals surface area (Å²) in [5.74, 6) is 2.54. The average molecular weight is 430 g/mol. The number of aromatic nitrogens is 4. The van der Waals surface area contributed by atoms with Crippen LogP contribution in [0.2, 0.25) is 0 Å². The standard InChI is InChI=1S/C22H35N7O2/c1-4-27(5-2)20(30)16-26-10-12-28(13-11-26)22-24-23-21(19-7-6-9-25(19)3)29(22)15-18-8-14-31-17-18/h6-7,9,18H,4-5,8,10-17H2,1-3H3/t18-/m1/s1. The number of carbonyl (C=O) groups is 1. The molecular formula is C22H35N7O2. The van der Waals surface area contributed by atoms with Crippen LogP contribution in [0, 0.1) is 5.92 Å². The second-order valence-electron chi connectivity index (χ2n) is 8.50. The molecule has 2 aliphatic heterocycles. The zero-order chi connectivity index (χ0) is 21.8. The zero-order valence-corrected chi connectivity index (χ0v) is 19.0. The van der Waals surface area contributed by atoms with Crippen molar-refractivity contribution < 1.29 is 9.53 Å². The van der Waals surface area contributed by atoms with Crippen LogP contribution < -0.4 is 4.90 Å². The largest absolute Gasteiger partial charge is 0.381 e. The number of anilines is 1. The van der Waals surface area contributed by atoms with E-state index >= 15 is 0 Å². The smallest absolute Gasteiger partial charge is 0.236 e. The maximum Gasteiger partial charge on any atom is 0.236 e. The highest BCUT2D eigenvalue weighted by atomic mass is 16.5. The third-order valence-electron chi connectivity index (χ3n) is 6.50. The number of hydrogen-bond acceptors (Lipinski definition) is 6. The lowest BCUT2D eigenvalue weighted by atomic mass is 10.1. The summed E-state index contributed by atoms with van der Waals surface area (Å²) < 4.78 is 9.98. The summed E-state index contributed by atoms with van der Waals surface area (Å²) in [6, 6.07) is 4.13. The lowest BCUT2D eigenvalue weighted by Crippen LogP contribution is -2.50. The van der Waals surface area contributed by atoms with Gasteiger partial charge in [0.1, 0.15) is 0 Å². The molecule has 0 bridgehead atoms. The monoisotopic (exact) mass is 429 g/mol. The van der Waals surface area contributed by atoms with Gasteiger partial charge in [0.25, 0.3) is 0 Å². The first-order valence-corrected chi connectivity index (χ1v) is 11.5. The summed E-state index contributed by atoms with van der Waals surface area (Å²) in [7, 11) is 2.04. The maximum atomic E-state index is 12.5. The van der Waals surface area contributed by atoms with Gasteiger partial charge in [0.05, 0.1) is 18.8 Å². The molecule has 2 saturated heterocycles. The molecule has 4 rings (SSSR count). The summed E-state index contributed by atoms with van der Waals surface area (Å²) in [5, 5.41) is 9.20. The van der Waals surface area contributed by atoms with Gasteiger partial charge in [0.15, 0.2) is 5.82 Å². The molecular weight excluding hydrogens is 394 g/mol. The Hall–Kier alpha value is -2.39. The van der Waals surface area contributed by atoms with Gasteiger partial charge in [0, 0.05) is 71.6 Å². The quantitative estimate of drug-likeness (QED) is 0.630. The Labute approximate surface area is 184 Å². The van der Waals surface area contributed by atoms with Crippen LogP contribution in [0.3, 0.4) is 0 Å². The van der Waals surface area contributed by atoms with Crippen LogP contribution in [0.4, 0.5) is 5.95 Å². The Morgan fingerprint density at radius 1 is 1.19 bits per heavy atom. The van der Waals surface area contributed by atoms with Crippen molar-refractivity contribution >= 4 is 11.9 Å². The molecule has 0 aromatic carbocycles. The molecule has 0 unspecified atom stereocenters. The van der Waals surface area contributed by atoms with Gasteiger partial charge in [0.2, 0.25) is 11.9 Å². The van der Waals surface area contributed by atoms with Crippen LogP contribution in [0.1, 0.15) is 20.3 Å². The van der Waals surface area contributed by atoms with Crippen molar-refractivity contribution in [3.05, 3.63) is 18.3 Å². The summed E-state index contributed by atoms with van der Waals surface area (Å²) in [4.78, 5) is 18.9. The number of amides is 1. The third kappa shape index (κ3) is 4.77. The van der Waals surface area contributed by atoms with Crippen LogP contribution in [0.5, 0.6) is 0 Å². The van der Waals surface area contributed by atoms with E-state index in [4.69, 9.17) is 4.74 Å². The van der Waals surface area contributed by atoms with Crippen LogP contribution in [0.15, 0.2) is 18.3 Å². The first-order valence-electron chi connectivity index (χ1n) is 11.5. The van der Waals surface area contributed by atoms with E-state index in [1.807, 2.05) is 38.1 Å². The van der Waals surface area contributed by atoms with Gasteiger partial charge in [-0.3, -0.25) is 14.3 Å². The van der Waals surface area contributed by atoms with E-state index in [2.05, 4.69) is 35.2 Å². The van der Waals surface area contributed by atoms with E-state index in [-0.39, 0.29) is 5.91 Å². The van der Waals surface area contributed by atoms with Crippen molar-refractivity contribution in [2.24, 2.45) is 13.0 Å². The van der Waals surface area contributed by atoms with Gasteiger partial charge in [-0.1, -0.05) is 0 Å². The molecule has 4 heterocycles. The van der Waals surface area contributed by atoms with Crippen LogP contribution in [0.25, 0.3) is 11.5 Å². The Kier molecular flexibility index (Phi) is 6.92. The molecule has 2 fully saturated rings. The predicted octanol–water partition coefficient (Wildman–Crippen LogP) is 1.31.